The van der Waals surface area contributed by atoms with Crippen molar-refractivity contribution < 1.29 is 0 Å². The second-order valence-corrected chi connectivity index (χ2v) is 4.02. The summed E-state index contributed by atoms with van der Waals surface area (Å²) < 4.78 is 1.87. The SMILES string of the molecule is CCNCC(C)C(C)c1cnn(C)c1. The van der Waals surface area contributed by atoms with Gasteiger partial charge in [0.1, 0.15) is 0 Å². The Labute approximate surface area is 86.5 Å². The lowest BCUT2D eigenvalue weighted by molar-refractivity contribution is 0.454. The lowest BCUT2D eigenvalue weighted by Gasteiger charge is -2.18. The minimum atomic E-state index is 0.572. The Morgan fingerprint density at radius 1 is 1.50 bits per heavy atom. The summed E-state index contributed by atoms with van der Waals surface area (Å²) in [5.74, 6) is 1.22. The van der Waals surface area contributed by atoms with E-state index in [4.69, 9.17) is 0 Å². The zero-order valence-electron chi connectivity index (χ0n) is 9.62. The first-order valence-electron chi connectivity index (χ1n) is 5.34. The van der Waals surface area contributed by atoms with E-state index in [2.05, 4.69) is 37.4 Å². The molecule has 0 aromatic carbocycles. The summed E-state index contributed by atoms with van der Waals surface area (Å²) >= 11 is 0. The molecule has 0 spiro atoms. The summed E-state index contributed by atoms with van der Waals surface area (Å²) in [6.45, 7) is 8.80. The van der Waals surface area contributed by atoms with E-state index in [9.17, 15) is 0 Å². The highest BCUT2D eigenvalue weighted by Crippen LogP contribution is 2.22. The summed E-state index contributed by atoms with van der Waals surface area (Å²) in [6.07, 6.45) is 4.07. The normalized spacial score (nSPS) is 15.4. The highest BCUT2D eigenvalue weighted by molar-refractivity contribution is 5.11. The molecule has 1 aromatic rings. The molecule has 2 unspecified atom stereocenters. The van der Waals surface area contributed by atoms with Crippen molar-refractivity contribution in [3.63, 3.8) is 0 Å². The fraction of sp³-hybridized carbons (Fsp3) is 0.727. The van der Waals surface area contributed by atoms with Crippen molar-refractivity contribution in [2.45, 2.75) is 26.7 Å². The van der Waals surface area contributed by atoms with E-state index < -0.39 is 0 Å². The third kappa shape index (κ3) is 2.84. The lowest BCUT2D eigenvalue weighted by Crippen LogP contribution is -2.23. The van der Waals surface area contributed by atoms with Crippen LogP contribution in [0, 0.1) is 5.92 Å². The number of aryl methyl sites for hydroxylation is 1. The van der Waals surface area contributed by atoms with Crippen molar-refractivity contribution in [1.29, 1.82) is 0 Å². The zero-order chi connectivity index (χ0) is 10.6. The Morgan fingerprint density at radius 3 is 2.71 bits per heavy atom. The van der Waals surface area contributed by atoms with Crippen LogP contribution in [0.15, 0.2) is 12.4 Å². The molecule has 0 fully saturated rings. The Kier molecular flexibility index (Phi) is 4.14. The number of nitrogens with zero attached hydrogens (tertiary/aromatic N) is 2. The van der Waals surface area contributed by atoms with Gasteiger partial charge in [-0.15, -0.1) is 0 Å². The Balaban J connectivity index is 2.51. The average molecular weight is 195 g/mol. The smallest absolute Gasteiger partial charge is 0.0524 e. The molecule has 0 saturated heterocycles. The largest absolute Gasteiger partial charge is 0.317 e. The summed E-state index contributed by atoms with van der Waals surface area (Å²) in [5.41, 5.74) is 1.33. The Hall–Kier alpha value is -0.830. The van der Waals surface area contributed by atoms with Crippen LogP contribution in [0.2, 0.25) is 0 Å². The van der Waals surface area contributed by atoms with Crippen molar-refractivity contribution in [1.82, 2.24) is 15.1 Å². The van der Waals surface area contributed by atoms with Crippen LogP contribution in [-0.4, -0.2) is 22.9 Å². The Bertz CT molecular complexity index is 267. The summed E-state index contributed by atoms with van der Waals surface area (Å²) in [4.78, 5) is 0. The van der Waals surface area contributed by atoms with Gasteiger partial charge in [-0.1, -0.05) is 20.8 Å². The molecule has 1 N–H and O–H groups in total. The number of hydrogen-bond acceptors (Lipinski definition) is 2. The first-order valence-corrected chi connectivity index (χ1v) is 5.34. The van der Waals surface area contributed by atoms with E-state index in [0.29, 0.717) is 11.8 Å². The molecule has 3 nitrogen and oxygen atoms in total. The van der Waals surface area contributed by atoms with E-state index in [1.54, 1.807) is 0 Å². The molecule has 0 bridgehead atoms. The minimum absolute atomic E-state index is 0.572. The molecule has 0 aliphatic rings. The van der Waals surface area contributed by atoms with Crippen LogP contribution < -0.4 is 5.32 Å². The predicted octanol–water partition coefficient (Wildman–Crippen LogP) is 1.77. The van der Waals surface area contributed by atoms with Crippen LogP contribution in [-0.2, 0) is 7.05 Å². The van der Waals surface area contributed by atoms with Gasteiger partial charge in [-0.2, -0.15) is 5.10 Å². The van der Waals surface area contributed by atoms with Gasteiger partial charge in [0.25, 0.3) is 0 Å². The molecule has 0 saturated carbocycles. The van der Waals surface area contributed by atoms with Crippen LogP contribution in [0.5, 0.6) is 0 Å². The fourth-order valence-electron chi connectivity index (χ4n) is 1.55. The van der Waals surface area contributed by atoms with Gasteiger partial charge in [0.2, 0.25) is 0 Å². The van der Waals surface area contributed by atoms with Crippen molar-refractivity contribution in [2.75, 3.05) is 13.1 Å². The summed E-state index contributed by atoms with van der Waals surface area (Å²) in [5, 5.41) is 7.57. The van der Waals surface area contributed by atoms with Gasteiger partial charge in [-0.3, -0.25) is 4.68 Å². The van der Waals surface area contributed by atoms with Crippen LogP contribution >= 0.6 is 0 Å². The molecule has 0 amide bonds. The maximum absolute atomic E-state index is 4.20. The summed E-state index contributed by atoms with van der Waals surface area (Å²) in [7, 11) is 1.96. The van der Waals surface area contributed by atoms with Gasteiger partial charge in [-0.05, 0) is 30.5 Å². The van der Waals surface area contributed by atoms with Crippen LogP contribution in [0.3, 0.4) is 0 Å². The molecule has 0 aliphatic carbocycles. The van der Waals surface area contributed by atoms with Crippen LogP contribution in [0.4, 0.5) is 0 Å². The molecule has 14 heavy (non-hydrogen) atoms. The van der Waals surface area contributed by atoms with Crippen molar-refractivity contribution in [3.8, 4) is 0 Å². The molecule has 1 aromatic heterocycles. The first kappa shape index (κ1) is 11.2. The molecule has 0 radical (unpaired) electrons. The van der Waals surface area contributed by atoms with Gasteiger partial charge < -0.3 is 5.32 Å². The standard InChI is InChI=1S/C11H21N3/c1-5-12-6-9(2)10(3)11-7-13-14(4)8-11/h7-10,12H,5-6H2,1-4H3. The quantitative estimate of drug-likeness (QED) is 0.776. The van der Waals surface area contributed by atoms with E-state index in [-0.39, 0.29) is 0 Å². The molecule has 2 atom stereocenters. The monoisotopic (exact) mass is 195 g/mol. The number of aromatic nitrogens is 2. The van der Waals surface area contributed by atoms with E-state index >= 15 is 0 Å². The third-order valence-electron chi connectivity index (χ3n) is 2.82. The Morgan fingerprint density at radius 2 is 2.21 bits per heavy atom. The molecule has 80 valence electrons. The molecule has 3 heteroatoms. The number of rotatable bonds is 5. The van der Waals surface area contributed by atoms with Gasteiger partial charge in [0.15, 0.2) is 0 Å². The maximum Gasteiger partial charge on any atom is 0.0524 e. The van der Waals surface area contributed by atoms with Gasteiger partial charge in [0, 0.05) is 13.2 Å². The first-order chi connectivity index (χ1) is 6.65. The van der Waals surface area contributed by atoms with Gasteiger partial charge in [-0.25, -0.2) is 0 Å². The lowest BCUT2D eigenvalue weighted by atomic mass is 9.91. The maximum atomic E-state index is 4.20. The second kappa shape index (κ2) is 5.15. The second-order valence-electron chi connectivity index (χ2n) is 4.02. The van der Waals surface area contributed by atoms with Gasteiger partial charge >= 0.3 is 0 Å². The number of nitrogens with one attached hydrogen (secondary N) is 1. The predicted molar refractivity (Wildman–Crippen MR) is 59.3 cm³/mol. The van der Waals surface area contributed by atoms with E-state index in [1.807, 2.05) is 17.9 Å². The number of hydrogen-bond donors (Lipinski definition) is 1. The summed E-state index contributed by atoms with van der Waals surface area (Å²) in [6, 6.07) is 0. The molecule has 1 rings (SSSR count). The zero-order valence-corrected chi connectivity index (χ0v) is 9.62. The van der Waals surface area contributed by atoms with Crippen LogP contribution in [0.25, 0.3) is 0 Å². The molecule has 0 aliphatic heterocycles. The van der Waals surface area contributed by atoms with Gasteiger partial charge in [0.05, 0.1) is 6.20 Å². The minimum Gasteiger partial charge on any atom is -0.317 e. The average Bonchev–Trinajstić information content (AvgIpc) is 2.60. The molecular weight excluding hydrogens is 174 g/mol. The van der Waals surface area contributed by atoms with E-state index in [1.165, 1.54) is 5.56 Å². The van der Waals surface area contributed by atoms with Crippen molar-refractivity contribution in [3.05, 3.63) is 18.0 Å². The topological polar surface area (TPSA) is 29.9 Å². The third-order valence-corrected chi connectivity index (χ3v) is 2.82. The van der Waals surface area contributed by atoms with Crippen molar-refractivity contribution >= 4 is 0 Å². The van der Waals surface area contributed by atoms with Crippen molar-refractivity contribution in [2.24, 2.45) is 13.0 Å². The highest BCUT2D eigenvalue weighted by atomic mass is 15.2. The van der Waals surface area contributed by atoms with Crippen LogP contribution in [0.1, 0.15) is 32.3 Å². The molecular formula is C11H21N3. The highest BCUT2D eigenvalue weighted by Gasteiger charge is 2.14. The van der Waals surface area contributed by atoms with E-state index in [0.717, 1.165) is 13.1 Å². The fourth-order valence-corrected chi connectivity index (χ4v) is 1.55. The molecule has 1 heterocycles.